The van der Waals surface area contributed by atoms with E-state index in [2.05, 4.69) is 41.5 Å². The van der Waals surface area contributed by atoms with Gasteiger partial charge in [-0.15, -0.1) is 0 Å². The number of aromatic nitrogens is 2. The maximum absolute atomic E-state index is 11.9. The minimum atomic E-state index is -0.421. The molecular weight excluding hydrogens is 426 g/mol. The Balaban J connectivity index is 1.47. The lowest BCUT2D eigenvalue weighted by molar-refractivity contribution is 0.0944. The zero-order valence-corrected chi connectivity index (χ0v) is 16.6. The van der Waals surface area contributed by atoms with Gasteiger partial charge in [0.2, 0.25) is 11.5 Å². The number of nitrogen functional groups attached to an aromatic ring is 1. The van der Waals surface area contributed by atoms with Gasteiger partial charge in [-0.25, -0.2) is 4.63 Å². The van der Waals surface area contributed by atoms with Crippen LogP contribution in [0.3, 0.4) is 0 Å². The number of nitrogens with one attached hydrogen (secondary N) is 2. The molecule has 1 amide bonds. The summed E-state index contributed by atoms with van der Waals surface area (Å²) in [7, 11) is 0. The third-order valence-corrected chi connectivity index (χ3v) is 4.38. The summed E-state index contributed by atoms with van der Waals surface area (Å²) < 4.78 is 11.3. The first kappa shape index (κ1) is 19.8. The first-order valence-electron chi connectivity index (χ1n) is 8.65. The molecule has 146 valence electrons. The maximum Gasteiger partial charge on any atom is 0.277 e. The molecule has 0 saturated carbocycles. The zero-order valence-electron chi connectivity index (χ0n) is 15.0. The molecule has 0 bridgehead atoms. The van der Waals surface area contributed by atoms with E-state index in [9.17, 15) is 4.79 Å². The summed E-state index contributed by atoms with van der Waals surface area (Å²) in [5, 5.41) is 12.8. The lowest BCUT2D eigenvalue weighted by Gasteiger charge is -2.13. The Labute approximate surface area is 170 Å². The van der Waals surface area contributed by atoms with Crippen LogP contribution in [0, 0.1) is 0 Å². The van der Waals surface area contributed by atoms with Crippen LogP contribution in [0.5, 0.6) is 5.75 Å². The van der Waals surface area contributed by atoms with E-state index in [1.165, 1.54) is 0 Å². The Bertz CT molecular complexity index is 917. The molecule has 1 heterocycles. The second kappa shape index (κ2) is 9.86. The molecule has 9 heteroatoms. The summed E-state index contributed by atoms with van der Waals surface area (Å²) in [5.74, 6) is 0.361. The molecule has 8 nitrogen and oxygen atoms in total. The summed E-state index contributed by atoms with van der Waals surface area (Å²) in [6.07, 6.45) is 0. The Morgan fingerprint density at radius 2 is 1.96 bits per heavy atom. The summed E-state index contributed by atoms with van der Waals surface area (Å²) >= 11 is 3.49. The molecule has 1 aromatic heterocycles. The van der Waals surface area contributed by atoms with Gasteiger partial charge in [0.25, 0.3) is 5.91 Å². The summed E-state index contributed by atoms with van der Waals surface area (Å²) in [5.41, 5.74) is 7.60. The number of anilines is 1. The number of hydrogen-bond donors (Lipinski definition) is 3. The average molecular weight is 446 g/mol. The monoisotopic (exact) mass is 445 g/mol. The number of halogens is 1. The predicted molar refractivity (Wildman–Crippen MR) is 108 cm³/mol. The molecule has 0 unspecified atom stereocenters. The van der Waals surface area contributed by atoms with Gasteiger partial charge in [0, 0.05) is 29.7 Å². The average Bonchev–Trinajstić information content (AvgIpc) is 3.14. The molecule has 0 radical (unpaired) electrons. The lowest BCUT2D eigenvalue weighted by atomic mass is 10.2. The fraction of sp³-hybridized carbons (Fsp3) is 0.211. The topological polar surface area (TPSA) is 115 Å². The number of benzene rings is 2. The van der Waals surface area contributed by atoms with Crippen LogP contribution in [0.4, 0.5) is 5.82 Å². The van der Waals surface area contributed by atoms with Crippen molar-refractivity contribution in [1.82, 2.24) is 20.9 Å². The summed E-state index contributed by atoms with van der Waals surface area (Å²) in [4.78, 5) is 11.9. The van der Waals surface area contributed by atoms with Gasteiger partial charge in [-0.2, -0.15) is 0 Å². The second-order valence-corrected chi connectivity index (χ2v) is 6.87. The van der Waals surface area contributed by atoms with Crippen molar-refractivity contribution in [3.63, 3.8) is 0 Å². The number of carbonyl (C=O) groups excluding carboxylic acids is 1. The van der Waals surface area contributed by atoms with Crippen molar-refractivity contribution in [3.8, 4) is 5.75 Å². The van der Waals surface area contributed by atoms with Crippen LogP contribution in [0.2, 0.25) is 0 Å². The van der Waals surface area contributed by atoms with E-state index in [-0.39, 0.29) is 11.5 Å². The molecule has 0 aliphatic heterocycles. The maximum atomic E-state index is 11.9. The number of rotatable bonds is 9. The highest BCUT2D eigenvalue weighted by atomic mass is 79.9. The van der Waals surface area contributed by atoms with Crippen LogP contribution in [0.1, 0.15) is 21.6 Å². The van der Waals surface area contributed by atoms with Gasteiger partial charge in [-0.1, -0.05) is 46.3 Å². The standard InChI is InChI=1S/C19H20BrN5O3/c20-15-6-7-16(27-12-13-4-2-1-3-5-13)14(10-15)11-22-8-9-23-19(26)17-18(21)25-28-24-17/h1-7,10,22H,8-9,11-12H2,(H2,21,25)(H,23,26). The molecule has 3 rings (SSSR count). The van der Waals surface area contributed by atoms with Crippen molar-refractivity contribution in [3.05, 3.63) is 69.8 Å². The van der Waals surface area contributed by atoms with Crippen molar-refractivity contribution in [2.24, 2.45) is 0 Å². The molecule has 28 heavy (non-hydrogen) atoms. The highest BCUT2D eigenvalue weighted by Crippen LogP contribution is 2.24. The van der Waals surface area contributed by atoms with Crippen LogP contribution in [-0.2, 0) is 13.2 Å². The molecule has 0 atom stereocenters. The van der Waals surface area contributed by atoms with Crippen molar-refractivity contribution < 1.29 is 14.2 Å². The number of ether oxygens (including phenoxy) is 1. The van der Waals surface area contributed by atoms with Crippen molar-refractivity contribution in [1.29, 1.82) is 0 Å². The zero-order chi connectivity index (χ0) is 19.8. The largest absolute Gasteiger partial charge is 0.489 e. The lowest BCUT2D eigenvalue weighted by Crippen LogP contribution is -2.32. The molecule has 3 aromatic rings. The van der Waals surface area contributed by atoms with E-state index in [1.807, 2.05) is 48.5 Å². The van der Waals surface area contributed by atoms with Crippen LogP contribution < -0.4 is 21.1 Å². The normalized spacial score (nSPS) is 10.6. The molecule has 2 aromatic carbocycles. The van der Waals surface area contributed by atoms with Gasteiger partial charge in [0.1, 0.15) is 12.4 Å². The number of nitrogens with two attached hydrogens (primary N) is 1. The first-order chi connectivity index (χ1) is 13.6. The Hall–Kier alpha value is -2.91. The van der Waals surface area contributed by atoms with Crippen molar-refractivity contribution in [2.75, 3.05) is 18.8 Å². The van der Waals surface area contributed by atoms with Gasteiger partial charge < -0.3 is 21.1 Å². The molecule has 0 aliphatic rings. The first-order valence-corrected chi connectivity index (χ1v) is 9.45. The van der Waals surface area contributed by atoms with Crippen LogP contribution in [0.15, 0.2) is 57.6 Å². The van der Waals surface area contributed by atoms with Gasteiger partial charge >= 0.3 is 0 Å². The number of hydrogen-bond acceptors (Lipinski definition) is 7. The summed E-state index contributed by atoms with van der Waals surface area (Å²) in [6, 6.07) is 15.9. The Morgan fingerprint density at radius 3 is 2.71 bits per heavy atom. The minimum absolute atomic E-state index is 0.0106. The number of amides is 1. The molecular formula is C19H20BrN5O3. The van der Waals surface area contributed by atoms with E-state index < -0.39 is 5.91 Å². The molecule has 4 N–H and O–H groups in total. The van der Waals surface area contributed by atoms with Gasteiger partial charge in [-0.3, -0.25) is 4.79 Å². The van der Waals surface area contributed by atoms with Crippen molar-refractivity contribution >= 4 is 27.7 Å². The van der Waals surface area contributed by atoms with Crippen LogP contribution in [-0.4, -0.2) is 29.3 Å². The Morgan fingerprint density at radius 1 is 1.14 bits per heavy atom. The van der Waals surface area contributed by atoms with Gasteiger partial charge in [-0.05, 0) is 34.1 Å². The minimum Gasteiger partial charge on any atom is -0.489 e. The van der Waals surface area contributed by atoms with Gasteiger partial charge in [0.15, 0.2) is 0 Å². The fourth-order valence-corrected chi connectivity index (χ4v) is 2.89. The highest BCUT2D eigenvalue weighted by Gasteiger charge is 2.14. The van der Waals surface area contributed by atoms with E-state index in [0.29, 0.717) is 26.2 Å². The number of carbonyl (C=O) groups is 1. The third kappa shape index (κ3) is 5.54. The van der Waals surface area contributed by atoms with E-state index in [4.69, 9.17) is 10.5 Å². The molecule has 0 aliphatic carbocycles. The molecule has 0 fully saturated rings. The quantitative estimate of drug-likeness (QED) is 0.433. The van der Waals surface area contributed by atoms with Gasteiger partial charge in [0.05, 0.1) is 0 Å². The molecule has 0 saturated heterocycles. The van der Waals surface area contributed by atoms with E-state index in [0.717, 1.165) is 21.3 Å². The smallest absolute Gasteiger partial charge is 0.277 e. The van der Waals surface area contributed by atoms with E-state index >= 15 is 0 Å². The fourth-order valence-electron chi connectivity index (χ4n) is 2.49. The predicted octanol–water partition coefficient (Wildman–Crippen LogP) is 2.51. The number of nitrogens with zero attached hydrogens (tertiary/aromatic N) is 2. The SMILES string of the molecule is Nc1nonc1C(=O)NCCNCc1cc(Br)ccc1OCc1ccccc1. The second-order valence-electron chi connectivity index (χ2n) is 5.96. The Kier molecular flexibility index (Phi) is 6.99. The molecule has 0 spiro atoms. The summed E-state index contributed by atoms with van der Waals surface area (Å²) in [6.45, 7) is 2.05. The van der Waals surface area contributed by atoms with Crippen molar-refractivity contribution in [2.45, 2.75) is 13.2 Å². The highest BCUT2D eigenvalue weighted by molar-refractivity contribution is 9.10. The van der Waals surface area contributed by atoms with Crippen LogP contribution in [0.25, 0.3) is 0 Å². The third-order valence-electron chi connectivity index (χ3n) is 3.89. The van der Waals surface area contributed by atoms with Crippen LogP contribution >= 0.6 is 15.9 Å². The van der Waals surface area contributed by atoms with E-state index in [1.54, 1.807) is 0 Å².